The van der Waals surface area contributed by atoms with Gasteiger partial charge in [0.15, 0.2) is 0 Å². The Morgan fingerprint density at radius 2 is 1.93 bits per heavy atom. The van der Waals surface area contributed by atoms with Gasteiger partial charge in [-0.25, -0.2) is 4.79 Å². The van der Waals surface area contributed by atoms with Crippen molar-refractivity contribution < 1.29 is 14.3 Å². The third-order valence-corrected chi connectivity index (χ3v) is 8.20. The second-order valence-electron chi connectivity index (χ2n) is 9.57. The Morgan fingerprint density at radius 1 is 1.15 bits per heavy atom. The van der Waals surface area contributed by atoms with Crippen molar-refractivity contribution in [2.24, 2.45) is 34.8 Å². The highest BCUT2D eigenvalue weighted by Gasteiger charge is 2.70. The fourth-order valence-electron chi connectivity index (χ4n) is 6.54. The highest BCUT2D eigenvalue weighted by molar-refractivity contribution is 5.82. The molecule has 3 saturated carbocycles. The van der Waals surface area contributed by atoms with E-state index in [0.29, 0.717) is 36.2 Å². The van der Waals surface area contributed by atoms with E-state index in [2.05, 4.69) is 23.1 Å². The maximum Gasteiger partial charge on any atom is 0.404 e. The monoisotopic (exact) mass is 366 g/mol. The summed E-state index contributed by atoms with van der Waals surface area (Å²) in [6.07, 6.45) is 4.94. The van der Waals surface area contributed by atoms with Gasteiger partial charge in [-0.15, -0.1) is 0 Å². The second kappa shape index (κ2) is 5.27. The first-order valence-electron chi connectivity index (χ1n) is 10.4. The van der Waals surface area contributed by atoms with Gasteiger partial charge in [0.25, 0.3) is 0 Å². The number of piperidine rings is 1. The van der Waals surface area contributed by atoms with Crippen molar-refractivity contribution in [2.75, 3.05) is 19.7 Å². The number of nitrogens with two attached hydrogens (primary N) is 1. The highest BCUT2D eigenvalue weighted by Crippen LogP contribution is 2.71. The normalized spacial score (nSPS) is 39.9. The zero-order chi connectivity index (χ0) is 18.3. The minimum absolute atomic E-state index is 0.0744. The predicted octanol–water partition coefficient (Wildman–Crippen LogP) is 2.47. The molecule has 0 spiro atoms. The number of rotatable bonds is 4. The van der Waals surface area contributed by atoms with Crippen LogP contribution in [-0.2, 0) is 22.4 Å². The zero-order valence-electron chi connectivity index (χ0n) is 15.5. The van der Waals surface area contributed by atoms with Crippen LogP contribution in [0.2, 0.25) is 0 Å². The van der Waals surface area contributed by atoms with Gasteiger partial charge >= 0.3 is 6.09 Å². The van der Waals surface area contributed by atoms with E-state index in [1.165, 1.54) is 24.8 Å². The molecule has 6 atom stereocenters. The minimum Gasteiger partial charge on any atom is -0.449 e. The number of benzene rings is 1. The van der Waals surface area contributed by atoms with Crippen LogP contribution in [0, 0.1) is 29.1 Å². The number of hydrogen-bond donors (Lipinski definition) is 1. The van der Waals surface area contributed by atoms with E-state index in [-0.39, 0.29) is 11.3 Å². The second-order valence-corrected chi connectivity index (χ2v) is 9.57. The molecule has 5 nitrogen and oxygen atoms in total. The largest absolute Gasteiger partial charge is 0.449 e. The number of amides is 2. The van der Waals surface area contributed by atoms with Gasteiger partial charge in [0.1, 0.15) is 0 Å². The molecule has 1 unspecified atom stereocenters. The molecular formula is C22H26N2O3. The van der Waals surface area contributed by atoms with Crippen LogP contribution in [0.5, 0.6) is 0 Å². The lowest BCUT2D eigenvalue weighted by Gasteiger charge is -2.36. The summed E-state index contributed by atoms with van der Waals surface area (Å²) < 4.78 is 4.98. The number of carbonyl (C=O) groups is 2. The molecule has 2 N–H and O–H groups in total. The van der Waals surface area contributed by atoms with Gasteiger partial charge in [0.2, 0.25) is 5.91 Å². The molecule has 5 aliphatic rings. The zero-order valence-corrected chi connectivity index (χ0v) is 15.5. The SMILES string of the molecule is NC(=O)OC[C@@]12CC1[C@H](C(=O)N1C[C@@H]3[C@H](C1)[C@H]3c1ccc3c(c1)CCC3)C2. The van der Waals surface area contributed by atoms with Crippen molar-refractivity contribution in [3.8, 4) is 0 Å². The van der Waals surface area contributed by atoms with E-state index < -0.39 is 6.09 Å². The third-order valence-electron chi connectivity index (χ3n) is 8.20. The standard InChI is InChI=1S/C22H26N2O3/c23-21(26)27-11-22-7-15(18(22)8-22)20(25)24-9-16-17(10-24)19(16)14-5-4-12-2-1-3-13(12)6-14/h4-6,15-19H,1-3,7-11H2,(H2,23,26)/t15-,16-,17+,18?,19+,22-/m1/s1. The van der Waals surface area contributed by atoms with E-state index >= 15 is 0 Å². The smallest absolute Gasteiger partial charge is 0.404 e. The number of carbonyl (C=O) groups excluding carboxylic acids is 2. The molecule has 4 aliphatic carbocycles. The van der Waals surface area contributed by atoms with Crippen LogP contribution in [0.3, 0.4) is 0 Å². The molecule has 1 heterocycles. The summed E-state index contributed by atoms with van der Waals surface area (Å²) >= 11 is 0. The fourth-order valence-corrected chi connectivity index (χ4v) is 6.54. The van der Waals surface area contributed by atoms with Gasteiger partial charge in [-0.3, -0.25) is 4.79 Å². The molecule has 0 aromatic heterocycles. The molecule has 2 amide bonds. The number of fused-ring (bicyclic) bond motifs is 3. The van der Waals surface area contributed by atoms with E-state index in [0.717, 1.165) is 25.9 Å². The lowest BCUT2D eigenvalue weighted by Crippen LogP contribution is -2.44. The Morgan fingerprint density at radius 3 is 2.67 bits per heavy atom. The van der Waals surface area contributed by atoms with E-state index in [1.54, 1.807) is 11.1 Å². The minimum atomic E-state index is -0.706. The van der Waals surface area contributed by atoms with Crippen LogP contribution in [0.15, 0.2) is 18.2 Å². The van der Waals surface area contributed by atoms with Crippen LogP contribution in [0.4, 0.5) is 4.79 Å². The molecule has 1 aliphatic heterocycles. The number of ether oxygens (including phenoxy) is 1. The first-order chi connectivity index (χ1) is 13.1. The van der Waals surface area contributed by atoms with Gasteiger partial charge in [-0.2, -0.15) is 0 Å². The van der Waals surface area contributed by atoms with Crippen LogP contribution < -0.4 is 5.73 Å². The quantitative estimate of drug-likeness (QED) is 0.890. The maximum absolute atomic E-state index is 12.9. The topological polar surface area (TPSA) is 72.6 Å². The summed E-state index contributed by atoms with van der Waals surface area (Å²) in [4.78, 5) is 25.8. The van der Waals surface area contributed by atoms with Gasteiger partial charge in [0, 0.05) is 24.4 Å². The number of hydrogen-bond acceptors (Lipinski definition) is 3. The Kier molecular flexibility index (Phi) is 3.12. The van der Waals surface area contributed by atoms with Crippen molar-refractivity contribution in [1.82, 2.24) is 4.90 Å². The maximum atomic E-state index is 12.9. The van der Waals surface area contributed by atoms with Gasteiger partial charge in [0.05, 0.1) is 6.61 Å². The number of aryl methyl sites for hydroxylation is 2. The van der Waals surface area contributed by atoms with Crippen LogP contribution in [0.25, 0.3) is 0 Å². The fraction of sp³-hybridized carbons (Fsp3) is 0.636. The summed E-state index contributed by atoms with van der Waals surface area (Å²) in [5, 5.41) is 0. The number of nitrogens with zero attached hydrogens (tertiary/aromatic N) is 1. The van der Waals surface area contributed by atoms with Crippen LogP contribution in [-0.4, -0.2) is 36.6 Å². The lowest BCUT2D eigenvalue weighted by atomic mass is 9.74. The molecule has 0 bridgehead atoms. The summed E-state index contributed by atoms with van der Waals surface area (Å²) in [6, 6.07) is 7.12. The van der Waals surface area contributed by atoms with Crippen molar-refractivity contribution in [1.29, 1.82) is 0 Å². The van der Waals surface area contributed by atoms with Gasteiger partial charge < -0.3 is 15.4 Å². The molecule has 1 aromatic carbocycles. The average Bonchev–Trinajstić information content (AvgIpc) is 3.25. The van der Waals surface area contributed by atoms with Crippen molar-refractivity contribution >= 4 is 12.0 Å². The highest BCUT2D eigenvalue weighted by atomic mass is 16.5. The molecule has 142 valence electrons. The number of primary amides is 1. The molecule has 27 heavy (non-hydrogen) atoms. The van der Waals surface area contributed by atoms with Crippen molar-refractivity contribution in [3.05, 3.63) is 34.9 Å². The lowest BCUT2D eigenvalue weighted by molar-refractivity contribution is -0.140. The average molecular weight is 366 g/mol. The summed E-state index contributed by atoms with van der Waals surface area (Å²) in [6.45, 7) is 2.25. The van der Waals surface area contributed by atoms with Gasteiger partial charge in [-0.05, 0) is 72.5 Å². The summed E-state index contributed by atoms with van der Waals surface area (Å²) in [5.41, 5.74) is 9.75. The molecule has 6 rings (SSSR count). The summed E-state index contributed by atoms with van der Waals surface area (Å²) in [7, 11) is 0. The molecule has 0 radical (unpaired) electrons. The van der Waals surface area contributed by atoms with Crippen LogP contribution >= 0.6 is 0 Å². The molecule has 5 heteroatoms. The predicted molar refractivity (Wildman–Crippen MR) is 99.0 cm³/mol. The molecular weight excluding hydrogens is 340 g/mol. The summed E-state index contributed by atoms with van der Waals surface area (Å²) in [5.74, 6) is 2.90. The Balaban J connectivity index is 1.05. The van der Waals surface area contributed by atoms with E-state index in [9.17, 15) is 9.59 Å². The van der Waals surface area contributed by atoms with E-state index in [4.69, 9.17) is 10.5 Å². The number of likely N-dealkylation sites (tertiary alicyclic amines) is 1. The first-order valence-corrected chi connectivity index (χ1v) is 10.4. The van der Waals surface area contributed by atoms with Crippen molar-refractivity contribution in [3.63, 3.8) is 0 Å². The Labute approximate surface area is 159 Å². The van der Waals surface area contributed by atoms with E-state index in [1.807, 2.05) is 0 Å². The van der Waals surface area contributed by atoms with Crippen LogP contribution in [0.1, 0.15) is 41.9 Å². The molecule has 1 aromatic rings. The van der Waals surface area contributed by atoms with Crippen molar-refractivity contribution in [2.45, 2.75) is 38.0 Å². The first kappa shape index (κ1) is 16.0. The van der Waals surface area contributed by atoms with Gasteiger partial charge in [-0.1, -0.05) is 18.2 Å². The Bertz CT molecular complexity index is 840. The third kappa shape index (κ3) is 2.29. The molecule has 4 fully saturated rings. The Hall–Kier alpha value is -2.04. The molecule has 1 saturated heterocycles.